The molecule has 10 nitrogen and oxygen atoms in total. The van der Waals surface area contributed by atoms with Crippen LogP contribution in [-0.4, -0.2) is 90.1 Å². The number of piperidine rings is 1. The van der Waals surface area contributed by atoms with Gasteiger partial charge >= 0.3 is 6.03 Å². The van der Waals surface area contributed by atoms with E-state index in [0.29, 0.717) is 37.5 Å². The van der Waals surface area contributed by atoms with E-state index in [1.165, 1.54) is 0 Å². The number of carbonyl (C=O) groups is 5. The lowest BCUT2D eigenvalue weighted by molar-refractivity contribution is -0.139. The molecule has 2 aliphatic heterocycles. The maximum atomic E-state index is 13.8. The molecule has 2 spiro atoms. The maximum absolute atomic E-state index is 13.8. The van der Waals surface area contributed by atoms with Gasteiger partial charge in [-0.3, -0.25) is 19.2 Å². The summed E-state index contributed by atoms with van der Waals surface area (Å²) >= 11 is 0. The molecular formula is C33H53N5O5. The number of hydrogen-bond acceptors (Lipinski definition) is 6. The second-order valence-corrected chi connectivity index (χ2v) is 15.2. The van der Waals surface area contributed by atoms with E-state index < -0.39 is 23.4 Å². The first-order valence-corrected chi connectivity index (χ1v) is 16.7. The second-order valence-electron chi connectivity index (χ2n) is 15.2. The summed E-state index contributed by atoms with van der Waals surface area (Å²) in [7, 11) is 0. The van der Waals surface area contributed by atoms with E-state index in [9.17, 15) is 24.0 Å². The van der Waals surface area contributed by atoms with Gasteiger partial charge in [0.05, 0.1) is 12.6 Å². The number of carbonyl (C=O) groups excluding carboxylic acids is 5. The quantitative estimate of drug-likeness (QED) is 0.248. The molecule has 2 saturated heterocycles. The van der Waals surface area contributed by atoms with Crippen LogP contribution in [0.15, 0.2) is 0 Å². The summed E-state index contributed by atoms with van der Waals surface area (Å²) in [5, 5.41) is 8.75. The fourth-order valence-corrected chi connectivity index (χ4v) is 9.42. The molecule has 0 bridgehead atoms. The van der Waals surface area contributed by atoms with Gasteiger partial charge in [-0.15, -0.1) is 0 Å². The highest BCUT2D eigenvalue weighted by atomic mass is 16.2. The van der Waals surface area contributed by atoms with Gasteiger partial charge in [-0.05, 0) is 94.7 Å². The van der Waals surface area contributed by atoms with Gasteiger partial charge in [0, 0.05) is 17.5 Å². The Morgan fingerprint density at radius 2 is 1.67 bits per heavy atom. The third kappa shape index (κ3) is 5.50. The van der Waals surface area contributed by atoms with E-state index in [4.69, 9.17) is 0 Å². The minimum atomic E-state index is -0.857. The van der Waals surface area contributed by atoms with Crippen molar-refractivity contribution < 1.29 is 24.0 Å². The Hall–Kier alpha value is -2.49. The van der Waals surface area contributed by atoms with Gasteiger partial charge < -0.3 is 25.8 Å². The van der Waals surface area contributed by atoms with Crippen molar-refractivity contribution in [1.82, 2.24) is 25.8 Å². The Labute approximate surface area is 256 Å². The largest absolute Gasteiger partial charge is 0.344 e. The van der Waals surface area contributed by atoms with Crippen molar-refractivity contribution in [1.29, 1.82) is 0 Å². The van der Waals surface area contributed by atoms with Gasteiger partial charge in [-0.25, -0.2) is 4.79 Å². The standard InChI is InChI=1S/C33H53N5O5/c1-6-37-15-11-23(12-16-37)30(2,3)36-29(43)34-19-27(41)38-21-33(31(4,5)32(33)13-8-14-32)18-25(38)28(42)35-24(26(40)20-39)17-22-9-7-10-22/h20,22-25H,6-19,21H2,1-5H3,(H,35,42)(H2,34,36,43)/t24?,25-,33+/m0/s1. The van der Waals surface area contributed by atoms with Crippen molar-refractivity contribution in [2.75, 3.05) is 32.7 Å². The molecule has 3 atom stereocenters. The molecule has 5 aliphatic rings. The number of hydrogen-bond donors (Lipinski definition) is 3. The smallest absolute Gasteiger partial charge is 0.315 e. The van der Waals surface area contributed by atoms with Crippen LogP contribution in [0, 0.1) is 28.1 Å². The van der Waals surface area contributed by atoms with E-state index >= 15 is 0 Å². The summed E-state index contributed by atoms with van der Waals surface area (Å²) in [4.78, 5) is 68.4. The average molecular weight is 600 g/mol. The molecular weight excluding hydrogens is 546 g/mol. The van der Waals surface area contributed by atoms with Crippen LogP contribution in [0.25, 0.3) is 0 Å². The van der Waals surface area contributed by atoms with Crippen molar-refractivity contribution >= 4 is 29.9 Å². The number of rotatable bonds is 11. The monoisotopic (exact) mass is 599 g/mol. The predicted molar refractivity (Wildman–Crippen MR) is 163 cm³/mol. The molecule has 43 heavy (non-hydrogen) atoms. The lowest BCUT2D eigenvalue weighted by Gasteiger charge is -2.40. The molecule has 3 N–H and O–H groups in total. The van der Waals surface area contributed by atoms with Gasteiger partial charge in [-0.2, -0.15) is 0 Å². The topological polar surface area (TPSA) is 128 Å². The molecule has 0 aromatic rings. The van der Waals surface area contributed by atoms with Crippen LogP contribution in [-0.2, 0) is 19.2 Å². The summed E-state index contributed by atoms with van der Waals surface area (Å²) in [6.45, 7) is 14.1. The van der Waals surface area contributed by atoms with Crippen LogP contribution in [0.3, 0.4) is 0 Å². The van der Waals surface area contributed by atoms with E-state index in [-0.39, 0.29) is 40.6 Å². The minimum absolute atomic E-state index is 0.00205. The molecule has 0 aromatic carbocycles. The Morgan fingerprint density at radius 3 is 2.19 bits per heavy atom. The van der Waals surface area contributed by atoms with Crippen molar-refractivity contribution in [3.63, 3.8) is 0 Å². The SMILES string of the molecule is CCN1CCC(C(C)(C)NC(=O)NCC(=O)N2C[C@]3(C[C@H]2C(=O)NC(CC2CCC2)C(=O)C=O)C(C)(C)C32CCC2)CC1. The van der Waals surface area contributed by atoms with Crippen molar-refractivity contribution in [3.05, 3.63) is 0 Å². The summed E-state index contributed by atoms with van der Waals surface area (Å²) in [6.07, 6.45) is 9.75. The molecule has 5 fully saturated rings. The number of urea groups is 1. The molecule has 0 aromatic heterocycles. The Balaban J connectivity index is 1.24. The van der Waals surface area contributed by atoms with Crippen molar-refractivity contribution in [2.24, 2.45) is 28.1 Å². The molecule has 5 rings (SSSR count). The first-order chi connectivity index (χ1) is 20.3. The Bertz CT molecular complexity index is 1120. The second kappa shape index (κ2) is 11.8. The van der Waals surface area contributed by atoms with Crippen LogP contribution >= 0.6 is 0 Å². The lowest BCUT2D eigenvalue weighted by Crippen LogP contribution is -2.56. The number of likely N-dealkylation sites (tertiary alicyclic amines) is 2. The number of ketones is 1. The Kier molecular flexibility index (Phi) is 8.75. The molecule has 1 unspecified atom stereocenters. The Morgan fingerprint density at radius 1 is 1.00 bits per heavy atom. The van der Waals surface area contributed by atoms with E-state index in [2.05, 4.69) is 41.6 Å². The van der Waals surface area contributed by atoms with Gasteiger partial charge in [0.2, 0.25) is 17.6 Å². The van der Waals surface area contributed by atoms with E-state index in [0.717, 1.165) is 71.0 Å². The minimum Gasteiger partial charge on any atom is -0.344 e. The van der Waals surface area contributed by atoms with Gasteiger partial charge in [0.1, 0.15) is 6.04 Å². The zero-order valence-corrected chi connectivity index (χ0v) is 26.9. The zero-order chi connectivity index (χ0) is 31.2. The van der Waals surface area contributed by atoms with Crippen LogP contribution in [0.5, 0.6) is 0 Å². The summed E-state index contributed by atoms with van der Waals surface area (Å²) in [5.41, 5.74) is -0.453. The first-order valence-electron chi connectivity index (χ1n) is 16.7. The third-order valence-corrected chi connectivity index (χ3v) is 12.9. The van der Waals surface area contributed by atoms with E-state index in [1.54, 1.807) is 4.90 Å². The summed E-state index contributed by atoms with van der Waals surface area (Å²) in [5.74, 6) is -0.606. The van der Waals surface area contributed by atoms with Crippen LogP contribution in [0.1, 0.15) is 98.8 Å². The van der Waals surface area contributed by atoms with Gasteiger partial charge in [0.15, 0.2) is 6.29 Å². The molecule has 10 heteroatoms. The molecule has 0 radical (unpaired) electrons. The molecule has 4 amide bonds. The normalized spacial score (nSPS) is 29.0. The highest BCUT2D eigenvalue weighted by molar-refractivity contribution is 6.28. The molecule has 2 heterocycles. The summed E-state index contributed by atoms with van der Waals surface area (Å²) < 4.78 is 0. The van der Waals surface area contributed by atoms with E-state index in [1.807, 2.05) is 13.8 Å². The predicted octanol–water partition coefficient (Wildman–Crippen LogP) is 3.04. The fourth-order valence-electron chi connectivity index (χ4n) is 9.42. The maximum Gasteiger partial charge on any atom is 0.315 e. The molecule has 3 saturated carbocycles. The van der Waals surface area contributed by atoms with Gasteiger partial charge in [-0.1, -0.05) is 46.5 Å². The average Bonchev–Trinajstić information content (AvgIpc) is 3.16. The van der Waals surface area contributed by atoms with Crippen LogP contribution in [0.2, 0.25) is 0 Å². The number of nitrogens with one attached hydrogen (secondary N) is 3. The van der Waals surface area contributed by atoms with Crippen LogP contribution < -0.4 is 16.0 Å². The molecule has 240 valence electrons. The highest BCUT2D eigenvalue weighted by Gasteiger charge is 2.85. The zero-order valence-electron chi connectivity index (χ0n) is 26.9. The number of Topliss-reactive ketones (excluding diaryl/α,β-unsaturated/α-hetero) is 1. The first kappa shape index (κ1) is 31.9. The highest BCUT2D eigenvalue weighted by Crippen LogP contribution is 2.88. The van der Waals surface area contributed by atoms with Gasteiger partial charge in [0.25, 0.3) is 0 Å². The number of aldehydes is 1. The number of nitrogens with zero attached hydrogens (tertiary/aromatic N) is 2. The van der Waals surface area contributed by atoms with Crippen molar-refractivity contribution in [3.8, 4) is 0 Å². The lowest BCUT2D eigenvalue weighted by atomic mass is 9.73. The van der Waals surface area contributed by atoms with Crippen molar-refractivity contribution in [2.45, 2.75) is 116 Å². The fraction of sp³-hybridized carbons (Fsp3) is 0.848. The molecule has 3 aliphatic carbocycles. The summed E-state index contributed by atoms with van der Waals surface area (Å²) in [6, 6.07) is -1.98. The number of amides is 4. The third-order valence-electron chi connectivity index (χ3n) is 12.9. The van der Waals surface area contributed by atoms with Crippen LogP contribution in [0.4, 0.5) is 4.79 Å². The number of fused-ring (bicyclic) bond motifs is 1.